The summed E-state index contributed by atoms with van der Waals surface area (Å²) in [5, 5.41) is 34.1. The lowest BCUT2D eigenvalue weighted by Crippen LogP contribution is -2.58. The number of nitrogens with two attached hydrogens (primary N) is 1. The van der Waals surface area contributed by atoms with Crippen molar-refractivity contribution in [3.63, 3.8) is 0 Å². The second kappa shape index (κ2) is 12.5. The highest BCUT2D eigenvalue weighted by molar-refractivity contribution is 5.95. The summed E-state index contributed by atoms with van der Waals surface area (Å²) in [5.41, 5.74) is 7.16. The van der Waals surface area contributed by atoms with Gasteiger partial charge in [-0.05, 0) is 37.8 Å². The largest absolute Gasteiger partial charge is 0.481 e. The summed E-state index contributed by atoms with van der Waals surface area (Å²) in [7, 11) is 0. The first-order valence-electron chi connectivity index (χ1n) is 12.3. The smallest absolute Gasteiger partial charge is 0.326 e. The van der Waals surface area contributed by atoms with E-state index in [-0.39, 0.29) is 25.8 Å². The van der Waals surface area contributed by atoms with E-state index < -0.39 is 66.4 Å². The van der Waals surface area contributed by atoms with Gasteiger partial charge in [-0.1, -0.05) is 18.2 Å². The zero-order valence-electron chi connectivity index (χ0n) is 20.9. The molecule has 0 spiro atoms. The molecule has 1 aliphatic heterocycles. The van der Waals surface area contributed by atoms with Crippen LogP contribution in [0.5, 0.6) is 0 Å². The Kier molecular flexibility index (Phi) is 9.42. The molecule has 0 aliphatic carbocycles. The van der Waals surface area contributed by atoms with E-state index in [9.17, 15) is 34.2 Å². The molecule has 13 heteroatoms. The minimum atomic E-state index is -1.37. The molecule has 3 rings (SSSR count). The van der Waals surface area contributed by atoms with Crippen LogP contribution in [0.3, 0.4) is 0 Å². The van der Waals surface area contributed by atoms with Crippen molar-refractivity contribution in [2.24, 2.45) is 5.73 Å². The van der Waals surface area contributed by atoms with Gasteiger partial charge in [-0.25, -0.2) is 4.79 Å². The van der Waals surface area contributed by atoms with E-state index >= 15 is 0 Å². The molecule has 8 N–H and O–H groups in total. The van der Waals surface area contributed by atoms with Crippen LogP contribution in [-0.2, 0) is 30.4 Å². The fraction of sp³-hybridized carbons (Fsp3) is 0.480. The fourth-order valence-electron chi connectivity index (χ4n) is 4.50. The number of amides is 3. The van der Waals surface area contributed by atoms with Gasteiger partial charge in [0.1, 0.15) is 24.2 Å². The normalized spacial score (nSPS) is 18.4. The SMILES string of the molecule is CC(O)C(N)C(=O)NC(CCC(=O)O)C(=O)NC(Cc1c[nH]c2ccccc12)C(=O)N1CCCC1C(=O)O. The highest BCUT2D eigenvalue weighted by atomic mass is 16.4. The Morgan fingerprint density at radius 3 is 2.45 bits per heavy atom. The van der Waals surface area contributed by atoms with E-state index in [0.29, 0.717) is 12.0 Å². The molecule has 1 fully saturated rings. The third-order valence-corrected chi connectivity index (χ3v) is 6.64. The minimum Gasteiger partial charge on any atom is -0.481 e. The van der Waals surface area contributed by atoms with Gasteiger partial charge in [0.25, 0.3) is 0 Å². The van der Waals surface area contributed by atoms with Crippen molar-refractivity contribution in [2.75, 3.05) is 6.54 Å². The van der Waals surface area contributed by atoms with Crippen LogP contribution >= 0.6 is 0 Å². The van der Waals surface area contributed by atoms with Gasteiger partial charge in [0.2, 0.25) is 17.7 Å². The molecule has 5 unspecified atom stereocenters. The van der Waals surface area contributed by atoms with Gasteiger partial charge >= 0.3 is 11.9 Å². The number of carbonyl (C=O) groups is 5. The van der Waals surface area contributed by atoms with Gasteiger partial charge in [0.05, 0.1) is 6.10 Å². The van der Waals surface area contributed by atoms with Crippen molar-refractivity contribution in [3.8, 4) is 0 Å². The molecule has 2 aromatic rings. The number of hydrogen-bond donors (Lipinski definition) is 7. The van der Waals surface area contributed by atoms with Crippen molar-refractivity contribution in [1.29, 1.82) is 0 Å². The molecule has 3 amide bonds. The topological polar surface area (TPSA) is 215 Å². The van der Waals surface area contributed by atoms with Crippen LogP contribution in [0.4, 0.5) is 0 Å². The number of aromatic nitrogens is 1. The maximum Gasteiger partial charge on any atom is 0.326 e. The predicted octanol–water partition coefficient (Wildman–Crippen LogP) is -0.671. The average Bonchev–Trinajstić information content (AvgIpc) is 3.52. The Hall–Kier alpha value is -3.97. The van der Waals surface area contributed by atoms with Gasteiger partial charge in [-0.2, -0.15) is 0 Å². The van der Waals surface area contributed by atoms with Gasteiger partial charge in [-0.15, -0.1) is 0 Å². The van der Waals surface area contributed by atoms with E-state index in [1.807, 2.05) is 24.3 Å². The quantitative estimate of drug-likeness (QED) is 0.184. The highest BCUT2D eigenvalue weighted by Gasteiger charge is 2.39. The van der Waals surface area contributed by atoms with Crippen LogP contribution in [-0.4, -0.2) is 91.7 Å². The summed E-state index contributed by atoms with van der Waals surface area (Å²) in [4.78, 5) is 66.5. The van der Waals surface area contributed by atoms with Crippen molar-refractivity contribution < 1.29 is 39.3 Å². The van der Waals surface area contributed by atoms with E-state index in [4.69, 9.17) is 10.8 Å². The number of benzene rings is 1. The number of rotatable bonds is 12. The number of aliphatic carboxylic acids is 2. The van der Waals surface area contributed by atoms with Crippen molar-refractivity contribution >= 4 is 40.6 Å². The summed E-state index contributed by atoms with van der Waals surface area (Å²) in [6.45, 7) is 1.50. The van der Waals surface area contributed by atoms with Gasteiger partial charge in [0, 0.05) is 36.5 Å². The third-order valence-electron chi connectivity index (χ3n) is 6.64. The zero-order chi connectivity index (χ0) is 28.0. The lowest BCUT2D eigenvalue weighted by Gasteiger charge is -2.29. The number of carboxylic acids is 2. The number of aliphatic hydroxyl groups is 1. The number of likely N-dealkylation sites (tertiary alicyclic amines) is 1. The number of H-pyrrole nitrogens is 1. The predicted molar refractivity (Wildman–Crippen MR) is 135 cm³/mol. The van der Waals surface area contributed by atoms with Crippen molar-refractivity contribution in [2.45, 2.75) is 69.3 Å². The van der Waals surface area contributed by atoms with Crippen LogP contribution < -0.4 is 16.4 Å². The lowest BCUT2D eigenvalue weighted by molar-refractivity contribution is -0.149. The van der Waals surface area contributed by atoms with E-state index in [2.05, 4.69) is 15.6 Å². The zero-order valence-corrected chi connectivity index (χ0v) is 20.9. The molecule has 1 aliphatic rings. The molecule has 1 aromatic heterocycles. The second-order valence-electron chi connectivity index (χ2n) is 9.41. The number of nitrogens with zero attached hydrogens (tertiary/aromatic N) is 1. The number of fused-ring (bicyclic) bond motifs is 1. The average molecular weight is 532 g/mol. The Morgan fingerprint density at radius 1 is 1.11 bits per heavy atom. The molecule has 0 radical (unpaired) electrons. The molecule has 2 heterocycles. The molecule has 206 valence electrons. The molecule has 0 bridgehead atoms. The number of aliphatic hydroxyl groups excluding tert-OH is 1. The molecule has 13 nitrogen and oxygen atoms in total. The Morgan fingerprint density at radius 2 is 1.79 bits per heavy atom. The first-order chi connectivity index (χ1) is 18.0. The number of aromatic amines is 1. The Bertz CT molecular complexity index is 1200. The van der Waals surface area contributed by atoms with E-state index in [1.54, 1.807) is 6.20 Å². The molecule has 1 saturated heterocycles. The monoisotopic (exact) mass is 531 g/mol. The number of para-hydroxylation sites is 1. The summed E-state index contributed by atoms with van der Waals surface area (Å²) in [6, 6.07) is 2.38. The standard InChI is InChI=1S/C25H33N5O8/c1-13(31)21(26)23(35)28-17(8-9-20(32)33)22(34)29-18(24(36)30-10-4-7-19(30)25(37)38)11-14-12-27-16-6-3-2-5-15(14)16/h2-3,5-6,12-13,17-19,21,27,31H,4,7-11,26H2,1H3,(H,28,35)(H,29,34)(H,32,33)(H,37,38). The maximum atomic E-state index is 13.6. The van der Waals surface area contributed by atoms with Crippen LogP contribution in [0.25, 0.3) is 10.9 Å². The second-order valence-corrected chi connectivity index (χ2v) is 9.41. The third kappa shape index (κ3) is 6.86. The lowest BCUT2D eigenvalue weighted by atomic mass is 10.0. The van der Waals surface area contributed by atoms with Crippen molar-refractivity contribution in [1.82, 2.24) is 20.5 Å². The summed E-state index contributed by atoms with van der Waals surface area (Å²) in [6.07, 6.45) is 0.503. The molecule has 38 heavy (non-hydrogen) atoms. The summed E-state index contributed by atoms with van der Waals surface area (Å²) in [5.74, 6) is -4.65. The molecule has 0 saturated carbocycles. The molecular weight excluding hydrogens is 498 g/mol. The summed E-state index contributed by atoms with van der Waals surface area (Å²) < 4.78 is 0. The van der Waals surface area contributed by atoms with Crippen LogP contribution in [0.1, 0.15) is 38.2 Å². The number of hydrogen-bond acceptors (Lipinski definition) is 7. The van der Waals surface area contributed by atoms with Crippen molar-refractivity contribution in [3.05, 3.63) is 36.0 Å². The van der Waals surface area contributed by atoms with Crippen LogP contribution in [0.2, 0.25) is 0 Å². The van der Waals surface area contributed by atoms with Gasteiger partial charge in [0.15, 0.2) is 0 Å². The number of nitrogens with one attached hydrogen (secondary N) is 3. The van der Waals surface area contributed by atoms with Gasteiger partial charge < -0.3 is 41.6 Å². The van der Waals surface area contributed by atoms with E-state index in [1.165, 1.54) is 11.8 Å². The molecule has 1 aromatic carbocycles. The minimum absolute atomic E-state index is 0.0181. The number of carbonyl (C=O) groups excluding carboxylic acids is 3. The van der Waals surface area contributed by atoms with Gasteiger partial charge in [-0.3, -0.25) is 19.2 Å². The first-order valence-corrected chi connectivity index (χ1v) is 12.3. The van der Waals surface area contributed by atoms with E-state index in [0.717, 1.165) is 10.9 Å². The molecular formula is C25H33N5O8. The number of carboxylic acid groups (broad SMARTS) is 2. The van der Waals surface area contributed by atoms with Crippen LogP contribution in [0, 0.1) is 0 Å². The Balaban J connectivity index is 1.88. The Labute approximate surface area is 218 Å². The maximum absolute atomic E-state index is 13.6. The highest BCUT2D eigenvalue weighted by Crippen LogP contribution is 2.23. The first kappa shape index (κ1) is 28.6. The fourth-order valence-corrected chi connectivity index (χ4v) is 4.50. The molecule has 5 atom stereocenters. The summed E-state index contributed by atoms with van der Waals surface area (Å²) >= 11 is 0. The van der Waals surface area contributed by atoms with Crippen LogP contribution in [0.15, 0.2) is 30.5 Å².